The van der Waals surface area contributed by atoms with Gasteiger partial charge in [-0.1, -0.05) is 17.7 Å². The normalized spacial score (nSPS) is 10.2. The molecule has 2 aromatic rings. The van der Waals surface area contributed by atoms with E-state index in [0.717, 1.165) is 0 Å². The zero-order valence-corrected chi connectivity index (χ0v) is 12.6. The molecule has 0 aliphatic rings. The van der Waals surface area contributed by atoms with E-state index in [-0.39, 0.29) is 11.8 Å². The molecule has 0 atom stereocenters. The van der Waals surface area contributed by atoms with E-state index in [2.05, 4.69) is 5.32 Å². The summed E-state index contributed by atoms with van der Waals surface area (Å²) in [6, 6.07) is 8.39. The Balaban J connectivity index is 2.17. The molecule has 1 heterocycles. The first kappa shape index (κ1) is 14.6. The van der Waals surface area contributed by atoms with Crippen LogP contribution in [0.25, 0.3) is 0 Å². The number of thiophene rings is 1. The maximum absolute atomic E-state index is 11.9. The Morgan fingerprint density at radius 3 is 2.55 bits per heavy atom. The number of carbonyl (C=O) groups is 2. The van der Waals surface area contributed by atoms with Crippen LogP contribution in [0, 0.1) is 0 Å². The number of anilines is 1. The summed E-state index contributed by atoms with van der Waals surface area (Å²) in [7, 11) is 3.32. The number of hydrogen-bond acceptors (Lipinski definition) is 3. The number of rotatable bonds is 3. The Kier molecular flexibility index (Phi) is 4.42. The average Bonchev–Trinajstić information content (AvgIpc) is 2.92. The second-order valence-corrected chi connectivity index (χ2v) is 5.68. The predicted molar refractivity (Wildman–Crippen MR) is 81.7 cm³/mol. The van der Waals surface area contributed by atoms with E-state index in [1.165, 1.54) is 16.2 Å². The van der Waals surface area contributed by atoms with E-state index < -0.39 is 0 Å². The van der Waals surface area contributed by atoms with Gasteiger partial charge in [0.05, 0.1) is 15.5 Å². The van der Waals surface area contributed by atoms with Crippen molar-refractivity contribution in [2.45, 2.75) is 0 Å². The maximum atomic E-state index is 11.9. The number of nitrogens with zero attached hydrogens (tertiary/aromatic N) is 1. The molecule has 1 aromatic heterocycles. The fourth-order valence-electron chi connectivity index (χ4n) is 1.61. The van der Waals surface area contributed by atoms with Gasteiger partial charge in [0.2, 0.25) is 0 Å². The summed E-state index contributed by atoms with van der Waals surface area (Å²) in [6.07, 6.45) is 0. The molecule has 104 valence electrons. The molecule has 0 radical (unpaired) electrons. The van der Waals surface area contributed by atoms with Crippen molar-refractivity contribution >= 4 is 40.4 Å². The zero-order valence-electron chi connectivity index (χ0n) is 11.0. The van der Waals surface area contributed by atoms with Crippen molar-refractivity contribution in [1.82, 2.24) is 4.90 Å². The number of halogens is 1. The molecule has 2 rings (SSSR count). The molecule has 20 heavy (non-hydrogen) atoms. The largest absolute Gasteiger partial charge is 0.345 e. The van der Waals surface area contributed by atoms with Crippen molar-refractivity contribution in [2.24, 2.45) is 0 Å². The monoisotopic (exact) mass is 308 g/mol. The Labute approximate surface area is 126 Å². The summed E-state index contributed by atoms with van der Waals surface area (Å²) in [5, 5.41) is 4.89. The number of amides is 2. The summed E-state index contributed by atoms with van der Waals surface area (Å²) in [5.41, 5.74) is 0.967. The van der Waals surface area contributed by atoms with Gasteiger partial charge in [-0.15, -0.1) is 11.3 Å². The number of benzene rings is 1. The SMILES string of the molecule is CN(C)C(=O)c1ccc(NC(=O)c2cccs2)cc1Cl. The van der Waals surface area contributed by atoms with E-state index in [0.29, 0.717) is 21.2 Å². The van der Waals surface area contributed by atoms with Crippen LogP contribution in [0.1, 0.15) is 20.0 Å². The number of nitrogens with one attached hydrogen (secondary N) is 1. The minimum atomic E-state index is -0.192. The van der Waals surface area contributed by atoms with Crippen molar-refractivity contribution in [3.8, 4) is 0 Å². The Hall–Kier alpha value is -1.85. The lowest BCUT2D eigenvalue weighted by molar-refractivity contribution is 0.0827. The molecule has 6 heteroatoms. The third kappa shape index (κ3) is 3.18. The number of carbonyl (C=O) groups excluding carboxylic acids is 2. The summed E-state index contributed by atoms with van der Waals surface area (Å²) in [4.78, 5) is 25.8. The van der Waals surface area contributed by atoms with Crippen LogP contribution in [0.5, 0.6) is 0 Å². The molecule has 0 bridgehead atoms. The fourth-order valence-corrected chi connectivity index (χ4v) is 2.49. The van der Waals surface area contributed by atoms with Crippen LogP contribution in [0.4, 0.5) is 5.69 Å². The first-order valence-corrected chi connectivity index (χ1v) is 7.11. The van der Waals surface area contributed by atoms with Gasteiger partial charge in [-0.3, -0.25) is 9.59 Å². The van der Waals surface area contributed by atoms with Gasteiger partial charge in [-0.2, -0.15) is 0 Å². The van der Waals surface area contributed by atoms with Crippen LogP contribution in [0.2, 0.25) is 5.02 Å². The van der Waals surface area contributed by atoms with Gasteiger partial charge >= 0.3 is 0 Å². The quantitative estimate of drug-likeness (QED) is 0.945. The molecule has 0 spiro atoms. The van der Waals surface area contributed by atoms with Gasteiger partial charge in [-0.25, -0.2) is 0 Å². The standard InChI is InChI=1S/C14H13ClN2O2S/c1-17(2)14(19)10-6-5-9(8-11(10)15)16-13(18)12-4-3-7-20-12/h3-8H,1-2H3,(H,16,18). The highest BCUT2D eigenvalue weighted by Gasteiger charge is 2.14. The van der Waals surface area contributed by atoms with E-state index in [1.54, 1.807) is 38.4 Å². The first-order chi connectivity index (χ1) is 9.49. The van der Waals surface area contributed by atoms with Gasteiger partial charge in [0.25, 0.3) is 11.8 Å². The lowest BCUT2D eigenvalue weighted by atomic mass is 10.2. The molecular weight excluding hydrogens is 296 g/mol. The topological polar surface area (TPSA) is 49.4 Å². The lowest BCUT2D eigenvalue weighted by Crippen LogP contribution is -2.22. The van der Waals surface area contributed by atoms with E-state index in [9.17, 15) is 9.59 Å². The van der Waals surface area contributed by atoms with Crippen LogP contribution in [0.3, 0.4) is 0 Å². The molecule has 1 aromatic carbocycles. The Morgan fingerprint density at radius 1 is 1.25 bits per heavy atom. The lowest BCUT2D eigenvalue weighted by Gasteiger charge is -2.12. The molecule has 0 unspecified atom stereocenters. The average molecular weight is 309 g/mol. The van der Waals surface area contributed by atoms with Crippen LogP contribution >= 0.6 is 22.9 Å². The number of hydrogen-bond donors (Lipinski definition) is 1. The highest BCUT2D eigenvalue weighted by atomic mass is 35.5. The molecule has 1 N–H and O–H groups in total. The van der Waals surface area contributed by atoms with Crippen molar-refractivity contribution in [3.05, 3.63) is 51.2 Å². The van der Waals surface area contributed by atoms with Crippen molar-refractivity contribution < 1.29 is 9.59 Å². The third-order valence-corrected chi connectivity index (χ3v) is 3.79. The van der Waals surface area contributed by atoms with Crippen LogP contribution in [0.15, 0.2) is 35.7 Å². The molecule has 2 amide bonds. The van der Waals surface area contributed by atoms with Gasteiger partial charge in [0, 0.05) is 19.8 Å². The van der Waals surface area contributed by atoms with Gasteiger partial charge in [0.15, 0.2) is 0 Å². The maximum Gasteiger partial charge on any atom is 0.265 e. The molecule has 4 nitrogen and oxygen atoms in total. The Morgan fingerprint density at radius 2 is 2.00 bits per heavy atom. The molecular formula is C14H13ClN2O2S. The van der Waals surface area contributed by atoms with Crippen LogP contribution < -0.4 is 5.32 Å². The third-order valence-electron chi connectivity index (χ3n) is 2.61. The van der Waals surface area contributed by atoms with E-state index in [1.807, 2.05) is 11.4 Å². The van der Waals surface area contributed by atoms with Gasteiger partial charge in [-0.05, 0) is 29.6 Å². The second-order valence-electron chi connectivity index (χ2n) is 4.33. The van der Waals surface area contributed by atoms with Gasteiger partial charge in [0.1, 0.15) is 0 Å². The Bertz CT molecular complexity index is 639. The molecule has 0 aliphatic heterocycles. The van der Waals surface area contributed by atoms with Gasteiger partial charge < -0.3 is 10.2 Å². The smallest absolute Gasteiger partial charge is 0.265 e. The first-order valence-electron chi connectivity index (χ1n) is 5.85. The summed E-state index contributed by atoms with van der Waals surface area (Å²) in [5.74, 6) is -0.367. The highest BCUT2D eigenvalue weighted by Crippen LogP contribution is 2.23. The molecule has 0 fully saturated rings. The van der Waals surface area contributed by atoms with E-state index >= 15 is 0 Å². The molecule has 0 aliphatic carbocycles. The second kappa shape index (κ2) is 6.07. The van der Waals surface area contributed by atoms with Crippen LogP contribution in [-0.2, 0) is 0 Å². The fraction of sp³-hybridized carbons (Fsp3) is 0.143. The van der Waals surface area contributed by atoms with Crippen molar-refractivity contribution in [2.75, 3.05) is 19.4 Å². The van der Waals surface area contributed by atoms with Crippen molar-refractivity contribution in [3.63, 3.8) is 0 Å². The molecule has 0 saturated carbocycles. The highest BCUT2D eigenvalue weighted by molar-refractivity contribution is 7.12. The van der Waals surface area contributed by atoms with Crippen molar-refractivity contribution in [1.29, 1.82) is 0 Å². The summed E-state index contributed by atoms with van der Waals surface area (Å²) < 4.78 is 0. The minimum absolute atomic E-state index is 0.175. The molecule has 0 saturated heterocycles. The minimum Gasteiger partial charge on any atom is -0.345 e. The van der Waals surface area contributed by atoms with Crippen LogP contribution in [-0.4, -0.2) is 30.8 Å². The van der Waals surface area contributed by atoms with E-state index in [4.69, 9.17) is 11.6 Å². The summed E-state index contributed by atoms with van der Waals surface area (Å²) >= 11 is 7.44. The zero-order chi connectivity index (χ0) is 14.7. The summed E-state index contributed by atoms with van der Waals surface area (Å²) in [6.45, 7) is 0. The predicted octanol–water partition coefficient (Wildman–Crippen LogP) is 3.36.